The highest BCUT2D eigenvalue weighted by Crippen LogP contribution is 2.05. The summed E-state index contributed by atoms with van der Waals surface area (Å²) in [6.07, 6.45) is 4.12. The van der Waals surface area contributed by atoms with Crippen LogP contribution in [0.5, 0.6) is 0 Å². The minimum absolute atomic E-state index is 0.126. The summed E-state index contributed by atoms with van der Waals surface area (Å²) in [4.78, 5) is 26.0. The van der Waals surface area contributed by atoms with Crippen molar-refractivity contribution in [2.24, 2.45) is 5.92 Å². The first kappa shape index (κ1) is 15.9. The third kappa shape index (κ3) is 6.17. The van der Waals surface area contributed by atoms with Crippen LogP contribution in [0, 0.1) is 12.8 Å². The van der Waals surface area contributed by atoms with E-state index in [1.165, 1.54) is 0 Å². The number of carbonyl (C=O) groups excluding carboxylic acids is 1. The zero-order valence-electron chi connectivity index (χ0n) is 11.8. The molecule has 6 nitrogen and oxygen atoms in total. The number of urea groups is 1. The van der Waals surface area contributed by atoms with Gasteiger partial charge in [-0.25, -0.2) is 4.79 Å². The fourth-order valence-corrected chi connectivity index (χ4v) is 1.68. The molecule has 1 aromatic rings. The number of pyridine rings is 1. The van der Waals surface area contributed by atoms with Gasteiger partial charge in [-0.2, -0.15) is 0 Å². The smallest absolute Gasteiger partial charge is 0.315 e. The molecular formula is C14H21N3O3. The first-order chi connectivity index (χ1) is 9.49. The zero-order valence-corrected chi connectivity index (χ0v) is 11.8. The van der Waals surface area contributed by atoms with Crippen LogP contribution in [-0.4, -0.2) is 28.6 Å². The average molecular weight is 279 g/mol. The van der Waals surface area contributed by atoms with E-state index >= 15 is 0 Å². The Morgan fingerprint density at radius 3 is 2.80 bits per heavy atom. The summed E-state index contributed by atoms with van der Waals surface area (Å²) in [6, 6.07) is 1.62. The van der Waals surface area contributed by atoms with E-state index < -0.39 is 5.97 Å². The molecule has 0 bridgehead atoms. The van der Waals surface area contributed by atoms with Crippen molar-refractivity contribution >= 4 is 12.0 Å². The molecule has 0 fully saturated rings. The third-order valence-electron chi connectivity index (χ3n) is 3.04. The molecule has 6 heteroatoms. The number of carboxylic acid groups (broad SMARTS) is 1. The van der Waals surface area contributed by atoms with Crippen LogP contribution in [0.2, 0.25) is 0 Å². The van der Waals surface area contributed by atoms with Crippen molar-refractivity contribution in [1.82, 2.24) is 15.6 Å². The molecule has 3 N–H and O–H groups in total. The Hall–Kier alpha value is -2.11. The highest BCUT2D eigenvalue weighted by Gasteiger charge is 2.07. The lowest BCUT2D eigenvalue weighted by Crippen LogP contribution is -2.37. The van der Waals surface area contributed by atoms with Crippen molar-refractivity contribution in [2.45, 2.75) is 33.2 Å². The van der Waals surface area contributed by atoms with Crippen molar-refractivity contribution in [3.05, 3.63) is 29.6 Å². The summed E-state index contributed by atoms with van der Waals surface area (Å²) in [5.74, 6) is -0.672. The van der Waals surface area contributed by atoms with Crippen LogP contribution >= 0.6 is 0 Å². The van der Waals surface area contributed by atoms with Crippen molar-refractivity contribution < 1.29 is 14.7 Å². The standard InChI is InChI=1S/C14H21N3O3/c1-10(3-4-13(18)19)7-16-14(20)17-9-12-5-6-15-8-11(12)2/h5-6,8,10H,3-4,7,9H2,1-2H3,(H,18,19)(H2,16,17,20). The van der Waals surface area contributed by atoms with Gasteiger partial charge in [0.1, 0.15) is 0 Å². The lowest BCUT2D eigenvalue weighted by molar-refractivity contribution is -0.137. The number of amides is 2. The van der Waals surface area contributed by atoms with Gasteiger partial charge < -0.3 is 15.7 Å². The zero-order chi connectivity index (χ0) is 15.0. The van der Waals surface area contributed by atoms with Crippen molar-refractivity contribution in [3.63, 3.8) is 0 Å². The molecule has 0 saturated heterocycles. The SMILES string of the molecule is Cc1cnccc1CNC(=O)NCC(C)CCC(=O)O. The molecule has 1 atom stereocenters. The van der Waals surface area contributed by atoms with Gasteiger partial charge in [0.25, 0.3) is 0 Å². The number of aliphatic carboxylic acids is 1. The number of carbonyl (C=O) groups is 2. The predicted octanol–water partition coefficient (Wildman–Crippen LogP) is 1.69. The van der Waals surface area contributed by atoms with Gasteiger partial charge in [-0.15, -0.1) is 0 Å². The average Bonchev–Trinajstić information content (AvgIpc) is 2.42. The molecule has 1 heterocycles. The molecule has 0 spiro atoms. The highest BCUT2D eigenvalue weighted by atomic mass is 16.4. The molecule has 2 amide bonds. The number of hydrogen-bond acceptors (Lipinski definition) is 3. The molecule has 0 aromatic carbocycles. The second kappa shape index (κ2) is 8.14. The Balaban J connectivity index is 2.24. The topological polar surface area (TPSA) is 91.3 Å². The second-order valence-corrected chi connectivity index (χ2v) is 4.90. The number of carboxylic acids is 1. The normalized spacial score (nSPS) is 11.7. The van der Waals surface area contributed by atoms with Crippen molar-refractivity contribution in [3.8, 4) is 0 Å². The quantitative estimate of drug-likeness (QED) is 0.708. The summed E-state index contributed by atoms with van der Waals surface area (Å²) < 4.78 is 0. The van der Waals surface area contributed by atoms with E-state index in [1.807, 2.05) is 19.9 Å². The molecule has 1 rings (SSSR count). The monoisotopic (exact) mass is 279 g/mol. The molecular weight excluding hydrogens is 258 g/mol. The fourth-order valence-electron chi connectivity index (χ4n) is 1.68. The summed E-state index contributed by atoms with van der Waals surface area (Å²) in [7, 11) is 0. The number of nitrogens with one attached hydrogen (secondary N) is 2. The second-order valence-electron chi connectivity index (χ2n) is 4.90. The first-order valence-corrected chi connectivity index (χ1v) is 6.62. The van der Waals surface area contributed by atoms with E-state index in [4.69, 9.17) is 5.11 Å². The van der Waals surface area contributed by atoms with Crippen LogP contribution in [0.3, 0.4) is 0 Å². The Kier molecular flexibility index (Phi) is 6.49. The third-order valence-corrected chi connectivity index (χ3v) is 3.04. The number of aromatic nitrogens is 1. The Morgan fingerprint density at radius 1 is 1.40 bits per heavy atom. The summed E-state index contributed by atoms with van der Waals surface area (Å²) in [6.45, 7) is 4.77. The maximum Gasteiger partial charge on any atom is 0.315 e. The lowest BCUT2D eigenvalue weighted by Gasteiger charge is -2.13. The maximum absolute atomic E-state index is 11.6. The molecule has 1 unspecified atom stereocenters. The molecule has 0 aliphatic rings. The van der Waals surface area contributed by atoms with E-state index in [1.54, 1.807) is 12.4 Å². The Bertz CT molecular complexity index is 463. The van der Waals surface area contributed by atoms with E-state index in [-0.39, 0.29) is 18.4 Å². The number of rotatable bonds is 7. The van der Waals surface area contributed by atoms with Crippen molar-refractivity contribution in [1.29, 1.82) is 0 Å². The maximum atomic E-state index is 11.6. The predicted molar refractivity (Wildman–Crippen MR) is 75.2 cm³/mol. The van der Waals surface area contributed by atoms with Crippen LogP contribution in [0.15, 0.2) is 18.5 Å². The lowest BCUT2D eigenvalue weighted by atomic mass is 10.1. The van der Waals surface area contributed by atoms with Crippen LogP contribution in [0.25, 0.3) is 0 Å². The molecule has 0 aliphatic heterocycles. The highest BCUT2D eigenvalue weighted by molar-refractivity contribution is 5.73. The Morgan fingerprint density at radius 2 is 2.15 bits per heavy atom. The summed E-state index contributed by atoms with van der Waals surface area (Å²) in [5.41, 5.74) is 2.05. The fraction of sp³-hybridized carbons (Fsp3) is 0.500. The molecule has 0 aliphatic carbocycles. The van der Waals surface area contributed by atoms with Crippen LogP contribution in [0.1, 0.15) is 30.9 Å². The van der Waals surface area contributed by atoms with Gasteiger partial charge in [0, 0.05) is 31.9 Å². The van der Waals surface area contributed by atoms with Crippen LogP contribution in [0.4, 0.5) is 4.79 Å². The summed E-state index contributed by atoms with van der Waals surface area (Å²) in [5, 5.41) is 14.1. The first-order valence-electron chi connectivity index (χ1n) is 6.62. The number of aryl methyl sites for hydroxylation is 1. The van der Waals surface area contributed by atoms with Gasteiger partial charge in [0.05, 0.1) is 0 Å². The molecule has 0 saturated carbocycles. The van der Waals surface area contributed by atoms with E-state index in [0.29, 0.717) is 19.5 Å². The van der Waals surface area contributed by atoms with Gasteiger partial charge in [0.2, 0.25) is 0 Å². The van der Waals surface area contributed by atoms with Gasteiger partial charge >= 0.3 is 12.0 Å². The molecule has 110 valence electrons. The molecule has 1 aromatic heterocycles. The van der Waals surface area contributed by atoms with Crippen LogP contribution in [-0.2, 0) is 11.3 Å². The minimum Gasteiger partial charge on any atom is -0.481 e. The Labute approximate surface area is 118 Å². The number of hydrogen-bond donors (Lipinski definition) is 3. The van der Waals surface area contributed by atoms with Gasteiger partial charge in [-0.3, -0.25) is 9.78 Å². The number of nitrogens with zero attached hydrogens (tertiary/aromatic N) is 1. The van der Waals surface area contributed by atoms with Gasteiger partial charge in [-0.05, 0) is 36.5 Å². The largest absolute Gasteiger partial charge is 0.481 e. The molecule has 0 radical (unpaired) electrons. The van der Waals surface area contributed by atoms with Gasteiger partial charge in [0.15, 0.2) is 0 Å². The van der Waals surface area contributed by atoms with E-state index in [9.17, 15) is 9.59 Å². The van der Waals surface area contributed by atoms with E-state index in [0.717, 1.165) is 11.1 Å². The minimum atomic E-state index is -0.811. The molecule has 20 heavy (non-hydrogen) atoms. The summed E-state index contributed by atoms with van der Waals surface area (Å²) >= 11 is 0. The van der Waals surface area contributed by atoms with Gasteiger partial charge in [-0.1, -0.05) is 6.92 Å². The van der Waals surface area contributed by atoms with Crippen LogP contribution < -0.4 is 10.6 Å². The van der Waals surface area contributed by atoms with E-state index in [2.05, 4.69) is 15.6 Å². The van der Waals surface area contributed by atoms with Crippen molar-refractivity contribution in [2.75, 3.05) is 6.54 Å².